The van der Waals surface area contributed by atoms with E-state index in [0.717, 1.165) is 11.1 Å². The molecule has 1 aromatic heterocycles. The molecule has 7 nitrogen and oxygen atoms in total. The molecule has 0 fully saturated rings. The maximum atomic E-state index is 12.4. The number of nitrogens with zero attached hydrogens (tertiary/aromatic N) is 1. The Bertz CT molecular complexity index is 1050. The number of carbonyl (C=O) groups is 1. The molecule has 1 heterocycles. The van der Waals surface area contributed by atoms with Crippen LogP contribution in [0.5, 0.6) is 0 Å². The van der Waals surface area contributed by atoms with Gasteiger partial charge in [0.2, 0.25) is 5.91 Å². The lowest BCUT2D eigenvalue weighted by Crippen LogP contribution is -2.24. The van der Waals surface area contributed by atoms with Crippen LogP contribution in [0.25, 0.3) is 11.3 Å². The molecular formula is C23H27N2O5P. The normalized spacial score (nSPS) is 12.0. The fourth-order valence-electron chi connectivity index (χ4n) is 3.84. The third-order valence-corrected chi connectivity index (χ3v) is 7.74. The van der Waals surface area contributed by atoms with Gasteiger partial charge in [-0.1, -0.05) is 61.5 Å². The Kier molecular flexibility index (Phi) is 7.11. The SMILES string of the molecule is CCC(CC)(c1ccc(NC(=O)CCc2cnoc2-c2ccccc2)cc1)P(=O)(O)O. The fourth-order valence-corrected chi connectivity index (χ4v) is 5.15. The smallest absolute Gasteiger partial charge is 0.335 e. The van der Waals surface area contributed by atoms with Crippen molar-refractivity contribution in [3.05, 3.63) is 71.9 Å². The first kappa shape index (κ1) is 22.9. The minimum atomic E-state index is -4.34. The Hall–Kier alpha value is -2.73. The topological polar surface area (TPSA) is 113 Å². The van der Waals surface area contributed by atoms with Gasteiger partial charge >= 0.3 is 7.60 Å². The van der Waals surface area contributed by atoms with Gasteiger partial charge in [-0.25, -0.2) is 0 Å². The molecule has 3 N–H and O–H groups in total. The van der Waals surface area contributed by atoms with Crippen molar-refractivity contribution in [2.24, 2.45) is 0 Å². The monoisotopic (exact) mass is 442 g/mol. The van der Waals surface area contributed by atoms with Crippen molar-refractivity contribution in [2.75, 3.05) is 5.32 Å². The molecule has 3 rings (SSSR count). The Morgan fingerprint density at radius 1 is 1.06 bits per heavy atom. The molecule has 0 aliphatic rings. The summed E-state index contributed by atoms with van der Waals surface area (Å²) >= 11 is 0. The molecule has 2 aromatic carbocycles. The lowest BCUT2D eigenvalue weighted by Gasteiger charge is -2.33. The highest BCUT2D eigenvalue weighted by Crippen LogP contribution is 2.60. The standard InChI is InChI=1S/C23H27N2O5P/c1-3-23(4-2,31(27,28)29)19-11-13-20(14-12-19)25-21(26)15-10-18-16-24-30-22(18)17-8-6-5-7-9-17/h5-9,11-14,16H,3-4,10,15H2,1-2H3,(H,25,26)(H2,27,28,29). The molecule has 0 aliphatic carbocycles. The van der Waals surface area contributed by atoms with Gasteiger partial charge in [-0.05, 0) is 37.0 Å². The number of aromatic nitrogens is 1. The van der Waals surface area contributed by atoms with Crippen LogP contribution in [0, 0.1) is 0 Å². The molecule has 164 valence electrons. The van der Waals surface area contributed by atoms with E-state index < -0.39 is 12.8 Å². The molecule has 0 aliphatic heterocycles. The van der Waals surface area contributed by atoms with Crippen molar-refractivity contribution in [1.29, 1.82) is 0 Å². The average Bonchev–Trinajstić information content (AvgIpc) is 3.23. The van der Waals surface area contributed by atoms with Crippen molar-refractivity contribution >= 4 is 19.2 Å². The molecule has 3 aromatic rings. The van der Waals surface area contributed by atoms with Crippen molar-refractivity contribution in [2.45, 2.75) is 44.7 Å². The predicted octanol–water partition coefficient (Wildman–Crippen LogP) is 5.11. The molecule has 0 atom stereocenters. The molecule has 0 saturated carbocycles. The summed E-state index contributed by atoms with van der Waals surface area (Å²) in [4.78, 5) is 32.2. The Balaban J connectivity index is 1.65. The number of rotatable bonds is 9. The van der Waals surface area contributed by atoms with Gasteiger partial charge < -0.3 is 19.6 Å². The molecule has 31 heavy (non-hydrogen) atoms. The summed E-state index contributed by atoms with van der Waals surface area (Å²) in [6.45, 7) is 3.54. The van der Waals surface area contributed by atoms with Crippen molar-refractivity contribution in [3.8, 4) is 11.3 Å². The van der Waals surface area contributed by atoms with E-state index in [1.54, 1.807) is 44.3 Å². The van der Waals surface area contributed by atoms with Crippen LogP contribution in [0.3, 0.4) is 0 Å². The zero-order chi connectivity index (χ0) is 22.5. The van der Waals surface area contributed by atoms with Crippen LogP contribution >= 0.6 is 7.60 Å². The van der Waals surface area contributed by atoms with E-state index in [4.69, 9.17) is 4.52 Å². The highest BCUT2D eigenvalue weighted by molar-refractivity contribution is 7.53. The number of amides is 1. The number of benzene rings is 2. The quantitative estimate of drug-likeness (QED) is 0.397. The highest BCUT2D eigenvalue weighted by atomic mass is 31.2. The summed E-state index contributed by atoms with van der Waals surface area (Å²) in [7, 11) is -4.34. The zero-order valence-electron chi connectivity index (χ0n) is 17.6. The second kappa shape index (κ2) is 9.60. The second-order valence-corrected chi connectivity index (χ2v) is 9.40. The van der Waals surface area contributed by atoms with E-state index in [9.17, 15) is 19.1 Å². The highest BCUT2D eigenvalue weighted by Gasteiger charge is 2.45. The van der Waals surface area contributed by atoms with Crippen LogP contribution in [0.15, 0.2) is 65.3 Å². The average molecular weight is 442 g/mol. The minimum Gasteiger partial charge on any atom is -0.356 e. The van der Waals surface area contributed by atoms with E-state index >= 15 is 0 Å². The van der Waals surface area contributed by atoms with Crippen molar-refractivity contribution < 1.29 is 23.7 Å². The third-order valence-electron chi connectivity index (χ3n) is 5.73. The summed E-state index contributed by atoms with van der Waals surface area (Å²) in [6.07, 6.45) is 3.00. The first-order valence-electron chi connectivity index (χ1n) is 10.3. The Morgan fingerprint density at radius 2 is 1.71 bits per heavy atom. The van der Waals surface area contributed by atoms with Gasteiger partial charge in [0.1, 0.15) is 0 Å². The van der Waals surface area contributed by atoms with Gasteiger partial charge in [-0.2, -0.15) is 0 Å². The number of nitrogens with one attached hydrogen (secondary N) is 1. The summed E-state index contributed by atoms with van der Waals surface area (Å²) in [5.74, 6) is 0.492. The van der Waals surface area contributed by atoms with Gasteiger partial charge in [0.05, 0.1) is 11.4 Å². The second-order valence-electron chi connectivity index (χ2n) is 7.45. The van der Waals surface area contributed by atoms with Crippen LogP contribution in [0.2, 0.25) is 0 Å². The zero-order valence-corrected chi connectivity index (χ0v) is 18.5. The third kappa shape index (κ3) is 4.96. The first-order chi connectivity index (χ1) is 14.8. The van der Waals surface area contributed by atoms with E-state index in [2.05, 4.69) is 10.5 Å². The van der Waals surface area contributed by atoms with Crippen molar-refractivity contribution in [3.63, 3.8) is 0 Å². The van der Waals surface area contributed by atoms with E-state index in [1.165, 1.54) is 0 Å². The summed E-state index contributed by atoms with van der Waals surface area (Å²) < 4.78 is 17.5. The summed E-state index contributed by atoms with van der Waals surface area (Å²) in [5, 5.41) is 5.48. The molecule has 0 radical (unpaired) electrons. The van der Waals surface area contributed by atoms with Gasteiger partial charge in [0, 0.05) is 23.2 Å². The first-order valence-corrected chi connectivity index (χ1v) is 11.9. The largest absolute Gasteiger partial charge is 0.356 e. The molecule has 1 amide bonds. The lowest BCUT2D eigenvalue weighted by molar-refractivity contribution is -0.116. The number of carbonyl (C=O) groups excluding carboxylic acids is 1. The molecular weight excluding hydrogens is 415 g/mol. The molecule has 0 bridgehead atoms. The Morgan fingerprint density at radius 3 is 2.29 bits per heavy atom. The summed E-state index contributed by atoms with van der Waals surface area (Å²) in [6, 6.07) is 16.3. The maximum Gasteiger partial charge on any atom is 0.335 e. The fraction of sp³-hybridized carbons (Fsp3) is 0.304. The predicted molar refractivity (Wildman–Crippen MR) is 120 cm³/mol. The number of hydrogen-bond acceptors (Lipinski definition) is 4. The van der Waals surface area contributed by atoms with Crippen LogP contribution in [0.4, 0.5) is 5.69 Å². The summed E-state index contributed by atoms with van der Waals surface area (Å²) in [5.41, 5.74) is 2.91. The van der Waals surface area contributed by atoms with Crippen LogP contribution in [0.1, 0.15) is 44.2 Å². The van der Waals surface area contributed by atoms with E-state index in [-0.39, 0.29) is 12.3 Å². The van der Waals surface area contributed by atoms with Gasteiger partial charge in [-0.3, -0.25) is 9.36 Å². The van der Waals surface area contributed by atoms with Gasteiger partial charge in [0.25, 0.3) is 0 Å². The number of anilines is 1. The maximum absolute atomic E-state index is 12.4. The number of hydrogen-bond donors (Lipinski definition) is 3. The number of aryl methyl sites for hydroxylation is 1. The molecule has 0 saturated heterocycles. The van der Waals surface area contributed by atoms with E-state index in [1.807, 2.05) is 30.3 Å². The molecule has 0 spiro atoms. The van der Waals surface area contributed by atoms with Crippen molar-refractivity contribution in [1.82, 2.24) is 5.16 Å². The Labute approximate surface area is 181 Å². The minimum absolute atomic E-state index is 0.166. The van der Waals surface area contributed by atoms with Crippen LogP contribution < -0.4 is 5.32 Å². The lowest BCUT2D eigenvalue weighted by atomic mass is 9.92. The van der Waals surface area contributed by atoms with Gasteiger partial charge in [0.15, 0.2) is 5.76 Å². The van der Waals surface area contributed by atoms with E-state index in [0.29, 0.717) is 36.3 Å². The van der Waals surface area contributed by atoms with Gasteiger partial charge in [-0.15, -0.1) is 0 Å². The van der Waals surface area contributed by atoms with Crippen LogP contribution in [-0.4, -0.2) is 20.9 Å². The molecule has 8 heteroatoms. The molecule has 0 unspecified atom stereocenters. The van der Waals surface area contributed by atoms with Crippen LogP contribution in [-0.2, 0) is 20.9 Å².